The van der Waals surface area contributed by atoms with Gasteiger partial charge in [0.2, 0.25) is 0 Å². The maximum Gasteiger partial charge on any atom is 0.259 e. The third-order valence-corrected chi connectivity index (χ3v) is 3.80. The monoisotopic (exact) mass is 321 g/mol. The lowest BCUT2D eigenvalue weighted by molar-refractivity contribution is 0.102. The summed E-state index contributed by atoms with van der Waals surface area (Å²) in [6, 6.07) is 7.74. The van der Waals surface area contributed by atoms with Crippen molar-refractivity contribution in [2.45, 2.75) is 26.1 Å². The third-order valence-electron chi connectivity index (χ3n) is 3.15. The molecule has 2 rings (SSSR count). The van der Waals surface area contributed by atoms with Crippen molar-refractivity contribution >= 4 is 27.5 Å². The van der Waals surface area contributed by atoms with Crippen molar-refractivity contribution in [2.75, 3.05) is 5.32 Å². The van der Waals surface area contributed by atoms with Crippen molar-refractivity contribution in [3.63, 3.8) is 0 Å². The van der Waals surface area contributed by atoms with Gasteiger partial charge in [-0.1, -0.05) is 28.1 Å². The van der Waals surface area contributed by atoms with Gasteiger partial charge in [-0.25, -0.2) is 0 Å². The van der Waals surface area contributed by atoms with E-state index in [0.29, 0.717) is 11.3 Å². The first-order valence-electron chi connectivity index (χ1n) is 6.05. The van der Waals surface area contributed by atoms with E-state index in [1.54, 1.807) is 0 Å². The number of carbonyl (C=O) groups excluding carboxylic acids is 1. The number of carbonyl (C=O) groups is 1. The number of hydrogen-bond acceptors (Lipinski definition) is 2. The van der Waals surface area contributed by atoms with Crippen molar-refractivity contribution in [3.8, 4) is 0 Å². The van der Waals surface area contributed by atoms with E-state index in [1.807, 2.05) is 45.0 Å². The minimum Gasteiger partial charge on any atom is -0.466 e. The van der Waals surface area contributed by atoms with Gasteiger partial charge >= 0.3 is 0 Å². The lowest BCUT2D eigenvalue weighted by atomic mass is 10.1. The number of nitrogens with one attached hydrogen (secondary N) is 1. The first-order valence-corrected chi connectivity index (χ1v) is 7.18. The van der Waals surface area contributed by atoms with Crippen LogP contribution in [0.15, 0.2) is 28.7 Å². The Labute approximate surface area is 121 Å². The number of hydrogen-bond donors (Lipinski definition) is 1. The van der Waals surface area contributed by atoms with Gasteiger partial charge in [-0.05, 0) is 38.5 Å². The van der Waals surface area contributed by atoms with Gasteiger partial charge in [0.1, 0.15) is 11.5 Å². The minimum absolute atomic E-state index is 0.126. The number of amides is 1. The maximum atomic E-state index is 12.2. The third kappa shape index (κ3) is 2.89. The Morgan fingerprint density at radius 1 is 1.16 bits per heavy atom. The fourth-order valence-electron chi connectivity index (χ4n) is 2.00. The van der Waals surface area contributed by atoms with Gasteiger partial charge in [0.25, 0.3) is 5.91 Å². The number of alkyl halides is 1. The van der Waals surface area contributed by atoms with E-state index >= 15 is 0 Å². The van der Waals surface area contributed by atoms with Gasteiger partial charge in [-0.2, -0.15) is 0 Å². The van der Waals surface area contributed by atoms with Crippen LogP contribution in [0.4, 0.5) is 5.69 Å². The number of rotatable bonds is 3. The molecule has 0 saturated heterocycles. The van der Waals surface area contributed by atoms with Crippen molar-refractivity contribution in [3.05, 3.63) is 52.5 Å². The van der Waals surface area contributed by atoms with Crippen molar-refractivity contribution in [2.24, 2.45) is 0 Å². The molecule has 0 radical (unpaired) electrons. The predicted molar refractivity (Wildman–Crippen MR) is 79.9 cm³/mol. The molecular formula is C15H16BrNO2. The molecule has 0 aliphatic rings. The highest BCUT2D eigenvalue weighted by atomic mass is 79.9. The number of benzene rings is 1. The number of aryl methyl sites for hydroxylation is 2. The predicted octanol–water partition coefficient (Wildman–Crippen LogP) is 4.35. The summed E-state index contributed by atoms with van der Waals surface area (Å²) in [4.78, 5) is 12.2. The molecule has 1 aromatic heterocycles. The van der Waals surface area contributed by atoms with E-state index in [9.17, 15) is 4.79 Å². The van der Waals surface area contributed by atoms with Crippen LogP contribution in [-0.4, -0.2) is 5.91 Å². The van der Waals surface area contributed by atoms with E-state index < -0.39 is 0 Å². The van der Waals surface area contributed by atoms with Gasteiger partial charge in [-0.3, -0.25) is 4.79 Å². The molecule has 2 aromatic rings. The van der Waals surface area contributed by atoms with Crippen LogP contribution in [0.3, 0.4) is 0 Å². The Kier molecular flexibility index (Phi) is 4.10. The molecule has 0 aliphatic carbocycles. The first kappa shape index (κ1) is 13.9. The average molecular weight is 322 g/mol. The smallest absolute Gasteiger partial charge is 0.259 e. The minimum atomic E-state index is -0.126. The van der Waals surface area contributed by atoms with Gasteiger partial charge < -0.3 is 9.73 Å². The summed E-state index contributed by atoms with van der Waals surface area (Å²) in [5, 5.41) is 3.70. The molecule has 0 spiro atoms. The Balaban J connectivity index is 2.20. The molecule has 0 fully saturated rings. The Hall–Kier alpha value is -1.55. The molecule has 19 heavy (non-hydrogen) atoms. The second-order valence-corrected chi connectivity index (χ2v) is 5.06. The van der Waals surface area contributed by atoms with Crippen LogP contribution in [0.25, 0.3) is 0 Å². The van der Waals surface area contributed by atoms with Crippen LogP contribution >= 0.6 is 15.9 Å². The summed E-state index contributed by atoms with van der Waals surface area (Å²) in [6.45, 7) is 5.57. The summed E-state index contributed by atoms with van der Waals surface area (Å²) in [5.74, 6) is 1.32. The molecule has 0 aliphatic heterocycles. The van der Waals surface area contributed by atoms with Crippen LogP contribution < -0.4 is 5.32 Å². The van der Waals surface area contributed by atoms with Crippen molar-refractivity contribution in [1.29, 1.82) is 0 Å². The van der Waals surface area contributed by atoms with Crippen LogP contribution in [0.1, 0.15) is 33.0 Å². The summed E-state index contributed by atoms with van der Waals surface area (Å²) >= 11 is 3.39. The number of halogens is 1. The quantitative estimate of drug-likeness (QED) is 0.854. The molecule has 1 N–H and O–H groups in total. The fraction of sp³-hybridized carbons (Fsp3) is 0.267. The molecule has 3 nitrogen and oxygen atoms in total. The molecule has 0 atom stereocenters. The largest absolute Gasteiger partial charge is 0.466 e. The zero-order valence-corrected chi connectivity index (χ0v) is 12.8. The molecule has 100 valence electrons. The zero-order chi connectivity index (χ0) is 14.0. The maximum absolute atomic E-state index is 12.2. The molecule has 1 amide bonds. The molecule has 0 unspecified atom stereocenters. The Bertz CT molecular complexity index is 599. The molecule has 0 bridgehead atoms. The van der Waals surface area contributed by atoms with Gasteiger partial charge in [-0.15, -0.1) is 0 Å². The Morgan fingerprint density at radius 2 is 1.79 bits per heavy atom. The highest BCUT2D eigenvalue weighted by molar-refractivity contribution is 9.08. The lowest BCUT2D eigenvalue weighted by Gasteiger charge is -2.06. The second kappa shape index (κ2) is 5.61. The second-order valence-electron chi connectivity index (χ2n) is 4.50. The topological polar surface area (TPSA) is 42.2 Å². The summed E-state index contributed by atoms with van der Waals surface area (Å²) < 4.78 is 5.47. The van der Waals surface area contributed by atoms with Crippen LogP contribution in [-0.2, 0) is 5.33 Å². The normalized spacial score (nSPS) is 10.5. The summed E-state index contributed by atoms with van der Waals surface area (Å²) in [7, 11) is 0. The van der Waals surface area contributed by atoms with Gasteiger partial charge in [0, 0.05) is 16.6 Å². The lowest BCUT2D eigenvalue weighted by Crippen LogP contribution is -2.13. The van der Waals surface area contributed by atoms with Gasteiger partial charge in [0.15, 0.2) is 0 Å². The van der Waals surface area contributed by atoms with E-state index in [2.05, 4.69) is 21.2 Å². The SMILES string of the molecule is Cc1oc(C)c(C(=O)Nc2ccc(CBr)cc2)c1C. The fourth-order valence-corrected chi connectivity index (χ4v) is 2.37. The highest BCUT2D eigenvalue weighted by Gasteiger charge is 2.18. The van der Waals surface area contributed by atoms with Crippen molar-refractivity contribution < 1.29 is 9.21 Å². The summed E-state index contributed by atoms with van der Waals surface area (Å²) in [6.07, 6.45) is 0. The van der Waals surface area contributed by atoms with E-state index in [0.717, 1.165) is 22.3 Å². The average Bonchev–Trinajstić information content (AvgIpc) is 2.64. The molecular weight excluding hydrogens is 306 g/mol. The standard InChI is InChI=1S/C15H16BrNO2/c1-9-10(2)19-11(3)14(9)15(18)17-13-6-4-12(8-16)5-7-13/h4-7H,8H2,1-3H3,(H,17,18). The van der Waals surface area contributed by atoms with Gasteiger partial charge in [0.05, 0.1) is 5.56 Å². The molecule has 1 aromatic carbocycles. The zero-order valence-electron chi connectivity index (χ0n) is 11.2. The van der Waals surface area contributed by atoms with Crippen molar-refractivity contribution in [1.82, 2.24) is 0 Å². The number of anilines is 1. The van der Waals surface area contributed by atoms with Crippen LogP contribution in [0.5, 0.6) is 0 Å². The van der Waals surface area contributed by atoms with E-state index in [-0.39, 0.29) is 5.91 Å². The van der Waals surface area contributed by atoms with E-state index in [1.165, 1.54) is 5.56 Å². The first-order chi connectivity index (χ1) is 9.02. The van der Waals surface area contributed by atoms with Crippen LogP contribution in [0, 0.1) is 20.8 Å². The Morgan fingerprint density at radius 3 is 2.26 bits per heavy atom. The molecule has 4 heteroatoms. The highest BCUT2D eigenvalue weighted by Crippen LogP contribution is 2.22. The summed E-state index contributed by atoms with van der Waals surface area (Å²) in [5.41, 5.74) is 3.48. The molecule has 1 heterocycles. The molecule has 0 saturated carbocycles. The van der Waals surface area contributed by atoms with Crippen LogP contribution in [0.2, 0.25) is 0 Å². The van der Waals surface area contributed by atoms with E-state index in [4.69, 9.17) is 4.42 Å². The number of furan rings is 1.